The molecule has 2 rings (SSSR count). The van der Waals surface area contributed by atoms with Gasteiger partial charge in [0.05, 0.1) is 5.60 Å². The molecule has 0 spiro atoms. The van der Waals surface area contributed by atoms with Crippen LogP contribution in [0.5, 0.6) is 0 Å². The first-order valence-corrected chi connectivity index (χ1v) is 6.64. The zero-order chi connectivity index (χ0) is 10.9. The molecule has 1 aromatic rings. The van der Waals surface area contributed by atoms with Crippen molar-refractivity contribution in [2.75, 3.05) is 11.5 Å². The lowest BCUT2D eigenvalue weighted by Crippen LogP contribution is -2.30. The van der Waals surface area contributed by atoms with Crippen LogP contribution in [-0.2, 0) is 5.60 Å². The largest absolute Gasteiger partial charge is 0.385 e. The fourth-order valence-corrected chi connectivity index (χ4v) is 3.41. The Hall–Kier alpha value is -0.470. The summed E-state index contributed by atoms with van der Waals surface area (Å²) >= 11 is 1.94. The lowest BCUT2D eigenvalue weighted by Gasteiger charge is -2.32. The molecule has 0 aromatic heterocycles. The Morgan fingerprint density at radius 2 is 1.60 bits per heavy atom. The lowest BCUT2D eigenvalue weighted by atomic mass is 9.86. The van der Waals surface area contributed by atoms with Crippen LogP contribution in [0.2, 0.25) is 0 Å². The Morgan fingerprint density at radius 1 is 1.07 bits per heavy atom. The monoisotopic (exact) mass is 222 g/mol. The van der Waals surface area contributed by atoms with Gasteiger partial charge in [0.1, 0.15) is 0 Å². The molecule has 82 valence electrons. The second kappa shape index (κ2) is 4.18. The van der Waals surface area contributed by atoms with Gasteiger partial charge in [-0.1, -0.05) is 29.3 Å². The van der Waals surface area contributed by atoms with Gasteiger partial charge in [-0.05, 0) is 43.8 Å². The smallest absolute Gasteiger partial charge is 0.0912 e. The van der Waals surface area contributed by atoms with E-state index >= 15 is 0 Å². The molecule has 0 atom stereocenters. The van der Waals surface area contributed by atoms with Gasteiger partial charge in [0.15, 0.2) is 0 Å². The van der Waals surface area contributed by atoms with Gasteiger partial charge in [-0.15, -0.1) is 0 Å². The molecule has 1 aromatic carbocycles. The minimum Gasteiger partial charge on any atom is -0.385 e. The SMILES string of the molecule is Cc1cc(C)cc(C2(O)CCSCC2)c1. The summed E-state index contributed by atoms with van der Waals surface area (Å²) in [6, 6.07) is 6.41. The highest BCUT2D eigenvalue weighted by Crippen LogP contribution is 2.36. The van der Waals surface area contributed by atoms with Crippen molar-refractivity contribution in [3.63, 3.8) is 0 Å². The number of thioether (sulfide) groups is 1. The summed E-state index contributed by atoms with van der Waals surface area (Å²) < 4.78 is 0. The van der Waals surface area contributed by atoms with Crippen molar-refractivity contribution in [2.45, 2.75) is 32.3 Å². The van der Waals surface area contributed by atoms with E-state index in [9.17, 15) is 5.11 Å². The van der Waals surface area contributed by atoms with E-state index in [2.05, 4.69) is 32.0 Å². The Kier molecular flexibility index (Phi) is 3.08. The molecule has 1 heterocycles. The standard InChI is InChI=1S/C13H18OS/c1-10-7-11(2)9-12(8-10)13(14)3-5-15-6-4-13/h7-9,14H,3-6H2,1-2H3. The van der Waals surface area contributed by atoms with E-state index in [0.717, 1.165) is 29.9 Å². The van der Waals surface area contributed by atoms with Gasteiger partial charge in [-0.3, -0.25) is 0 Å². The van der Waals surface area contributed by atoms with E-state index < -0.39 is 5.60 Å². The van der Waals surface area contributed by atoms with E-state index in [1.165, 1.54) is 11.1 Å². The molecule has 0 aliphatic carbocycles. The number of aryl methyl sites for hydroxylation is 2. The van der Waals surface area contributed by atoms with Gasteiger partial charge in [-0.2, -0.15) is 11.8 Å². The molecule has 1 aliphatic rings. The highest BCUT2D eigenvalue weighted by atomic mass is 32.2. The summed E-state index contributed by atoms with van der Waals surface area (Å²) in [6.45, 7) is 4.19. The van der Waals surface area contributed by atoms with Crippen molar-refractivity contribution in [1.82, 2.24) is 0 Å². The minimum atomic E-state index is -0.567. The van der Waals surface area contributed by atoms with Gasteiger partial charge in [-0.25, -0.2) is 0 Å². The molecule has 1 aliphatic heterocycles. The molecule has 2 heteroatoms. The van der Waals surface area contributed by atoms with Crippen LogP contribution in [0, 0.1) is 13.8 Å². The molecular formula is C13H18OS. The summed E-state index contributed by atoms with van der Waals surface area (Å²) in [4.78, 5) is 0. The zero-order valence-corrected chi connectivity index (χ0v) is 10.2. The van der Waals surface area contributed by atoms with E-state index in [0.29, 0.717) is 0 Å². The van der Waals surface area contributed by atoms with Crippen molar-refractivity contribution in [2.24, 2.45) is 0 Å². The predicted octanol–water partition coefficient (Wildman–Crippen LogP) is 3.02. The maximum absolute atomic E-state index is 10.6. The van der Waals surface area contributed by atoms with Crippen molar-refractivity contribution >= 4 is 11.8 Å². The van der Waals surface area contributed by atoms with Gasteiger partial charge >= 0.3 is 0 Å². The van der Waals surface area contributed by atoms with Gasteiger partial charge < -0.3 is 5.11 Å². The summed E-state index contributed by atoms with van der Waals surface area (Å²) in [6.07, 6.45) is 1.78. The lowest BCUT2D eigenvalue weighted by molar-refractivity contribution is 0.0280. The van der Waals surface area contributed by atoms with Crippen LogP contribution in [0.25, 0.3) is 0 Å². The van der Waals surface area contributed by atoms with Crippen LogP contribution < -0.4 is 0 Å². The minimum absolute atomic E-state index is 0.567. The number of rotatable bonds is 1. The van der Waals surface area contributed by atoms with Crippen LogP contribution >= 0.6 is 11.8 Å². The molecule has 1 fully saturated rings. The van der Waals surface area contributed by atoms with E-state index in [1.807, 2.05) is 11.8 Å². The van der Waals surface area contributed by atoms with Crippen molar-refractivity contribution in [3.05, 3.63) is 34.9 Å². The number of benzene rings is 1. The third kappa shape index (κ3) is 2.37. The third-order valence-electron chi connectivity index (χ3n) is 3.08. The van der Waals surface area contributed by atoms with Crippen LogP contribution in [0.1, 0.15) is 29.5 Å². The Labute approximate surface area is 95.9 Å². The summed E-state index contributed by atoms with van der Waals surface area (Å²) in [5.74, 6) is 2.15. The second-order valence-corrected chi connectivity index (χ2v) is 5.75. The fraction of sp³-hybridized carbons (Fsp3) is 0.538. The quantitative estimate of drug-likeness (QED) is 0.788. The maximum Gasteiger partial charge on any atom is 0.0912 e. The van der Waals surface area contributed by atoms with Crippen LogP contribution in [0.4, 0.5) is 0 Å². The van der Waals surface area contributed by atoms with E-state index in [1.54, 1.807) is 0 Å². The van der Waals surface area contributed by atoms with E-state index in [4.69, 9.17) is 0 Å². The van der Waals surface area contributed by atoms with Crippen molar-refractivity contribution in [1.29, 1.82) is 0 Å². The molecule has 0 amide bonds. The van der Waals surface area contributed by atoms with E-state index in [-0.39, 0.29) is 0 Å². The molecule has 15 heavy (non-hydrogen) atoms. The first-order valence-electron chi connectivity index (χ1n) is 5.49. The maximum atomic E-state index is 10.6. The number of hydrogen-bond acceptors (Lipinski definition) is 2. The van der Waals surface area contributed by atoms with Crippen LogP contribution in [0.3, 0.4) is 0 Å². The Balaban J connectivity index is 2.34. The summed E-state index contributed by atoms with van der Waals surface area (Å²) in [5.41, 5.74) is 3.04. The zero-order valence-electron chi connectivity index (χ0n) is 9.42. The molecule has 1 saturated heterocycles. The highest BCUT2D eigenvalue weighted by molar-refractivity contribution is 7.99. The summed E-state index contributed by atoms with van der Waals surface area (Å²) in [7, 11) is 0. The van der Waals surface area contributed by atoms with Crippen LogP contribution in [0.15, 0.2) is 18.2 Å². The highest BCUT2D eigenvalue weighted by Gasteiger charge is 2.31. The molecule has 1 N–H and O–H groups in total. The first-order chi connectivity index (χ1) is 7.10. The Morgan fingerprint density at radius 3 is 2.13 bits per heavy atom. The second-order valence-electron chi connectivity index (χ2n) is 4.52. The average Bonchev–Trinajstić information content (AvgIpc) is 2.17. The third-order valence-corrected chi connectivity index (χ3v) is 4.06. The molecule has 0 radical (unpaired) electrons. The van der Waals surface area contributed by atoms with Gasteiger partial charge in [0, 0.05) is 0 Å². The van der Waals surface area contributed by atoms with Gasteiger partial charge in [0.2, 0.25) is 0 Å². The summed E-state index contributed by atoms with van der Waals surface area (Å²) in [5, 5.41) is 10.6. The average molecular weight is 222 g/mol. The molecule has 1 nitrogen and oxygen atoms in total. The first kappa shape index (κ1) is 11.0. The van der Waals surface area contributed by atoms with Crippen LogP contribution in [-0.4, -0.2) is 16.6 Å². The number of aliphatic hydroxyl groups is 1. The number of hydrogen-bond donors (Lipinski definition) is 1. The fourth-order valence-electron chi connectivity index (χ4n) is 2.24. The van der Waals surface area contributed by atoms with Crippen molar-refractivity contribution in [3.8, 4) is 0 Å². The van der Waals surface area contributed by atoms with Gasteiger partial charge in [0.25, 0.3) is 0 Å². The molecule has 0 bridgehead atoms. The normalized spacial score (nSPS) is 20.2. The molecule has 0 unspecified atom stereocenters. The molecular weight excluding hydrogens is 204 g/mol. The van der Waals surface area contributed by atoms with Crippen molar-refractivity contribution < 1.29 is 5.11 Å². The predicted molar refractivity (Wildman–Crippen MR) is 66.4 cm³/mol. The molecule has 0 saturated carbocycles. The Bertz CT molecular complexity index is 333. The topological polar surface area (TPSA) is 20.2 Å².